The number of halogens is 2. The molecule has 0 atom stereocenters. The number of likely N-dealkylation sites (N-methyl/N-ethyl adjacent to an activating group) is 1. The fourth-order valence-electron chi connectivity index (χ4n) is 3.73. The number of carbonyl (C=O) groups is 1. The predicted octanol–water partition coefficient (Wildman–Crippen LogP) is 5.66. The molecule has 35 heavy (non-hydrogen) atoms. The first-order chi connectivity index (χ1) is 16.9. The van der Waals surface area contributed by atoms with E-state index in [9.17, 15) is 9.18 Å². The molecule has 1 aromatic heterocycles. The van der Waals surface area contributed by atoms with Crippen molar-refractivity contribution >= 4 is 17.5 Å². The third kappa shape index (κ3) is 5.46. The molecular formula is C27H25ClFN3O3. The van der Waals surface area contributed by atoms with Gasteiger partial charge in [0.15, 0.2) is 11.5 Å². The van der Waals surface area contributed by atoms with Crippen LogP contribution >= 0.6 is 11.6 Å². The lowest BCUT2D eigenvalue weighted by atomic mass is 10.1. The number of benzene rings is 3. The Morgan fingerprint density at radius 2 is 1.74 bits per heavy atom. The second-order valence-corrected chi connectivity index (χ2v) is 8.42. The van der Waals surface area contributed by atoms with E-state index < -0.39 is 0 Å². The van der Waals surface area contributed by atoms with Gasteiger partial charge in [0.25, 0.3) is 5.91 Å². The molecule has 6 nitrogen and oxygen atoms in total. The van der Waals surface area contributed by atoms with E-state index >= 15 is 0 Å². The van der Waals surface area contributed by atoms with E-state index in [-0.39, 0.29) is 11.7 Å². The molecule has 0 N–H and O–H groups in total. The van der Waals surface area contributed by atoms with E-state index in [1.165, 1.54) is 12.1 Å². The molecule has 0 bridgehead atoms. The van der Waals surface area contributed by atoms with Gasteiger partial charge in [-0.15, -0.1) is 0 Å². The number of nitrogens with zero attached hydrogens (tertiary/aromatic N) is 3. The third-order valence-corrected chi connectivity index (χ3v) is 5.89. The molecule has 0 spiro atoms. The summed E-state index contributed by atoms with van der Waals surface area (Å²) in [5.74, 6) is 0.752. The van der Waals surface area contributed by atoms with Crippen LogP contribution in [-0.4, -0.2) is 48.4 Å². The van der Waals surface area contributed by atoms with Crippen molar-refractivity contribution in [2.75, 3.05) is 27.8 Å². The first kappa shape index (κ1) is 24.3. The Balaban J connectivity index is 1.61. The van der Waals surface area contributed by atoms with Gasteiger partial charge in [-0.3, -0.25) is 4.79 Å². The lowest BCUT2D eigenvalue weighted by molar-refractivity contribution is 0.0787. The molecule has 0 saturated carbocycles. The maximum atomic E-state index is 13.5. The molecule has 1 amide bonds. The lowest BCUT2D eigenvalue weighted by Gasteiger charge is -2.18. The molecule has 8 heteroatoms. The molecule has 0 aliphatic heterocycles. The molecule has 0 aliphatic rings. The van der Waals surface area contributed by atoms with Crippen LogP contribution in [0.3, 0.4) is 0 Å². The first-order valence-electron chi connectivity index (χ1n) is 11.0. The third-order valence-electron chi connectivity index (χ3n) is 5.65. The van der Waals surface area contributed by atoms with Crippen molar-refractivity contribution in [3.05, 3.63) is 94.9 Å². The van der Waals surface area contributed by atoms with Gasteiger partial charge < -0.3 is 14.4 Å². The number of hydrogen-bond donors (Lipinski definition) is 0. The Morgan fingerprint density at radius 3 is 2.43 bits per heavy atom. The van der Waals surface area contributed by atoms with Gasteiger partial charge in [-0.25, -0.2) is 9.07 Å². The van der Waals surface area contributed by atoms with Gasteiger partial charge in [0.2, 0.25) is 0 Å². The van der Waals surface area contributed by atoms with Gasteiger partial charge in [-0.05, 0) is 72.6 Å². The van der Waals surface area contributed by atoms with E-state index in [1.807, 2.05) is 24.3 Å². The minimum absolute atomic E-state index is 0.202. The summed E-state index contributed by atoms with van der Waals surface area (Å²) in [4.78, 5) is 15.1. The number of amides is 1. The summed E-state index contributed by atoms with van der Waals surface area (Å²) in [6.45, 7) is 0.473. The second kappa shape index (κ2) is 10.6. The molecule has 0 fully saturated rings. The fraction of sp³-hybridized carbons (Fsp3) is 0.185. The number of ether oxygens (including phenoxy) is 2. The summed E-state index contributed by atoms with van der Waals surface area (Å²) in [7, 11) is 4.93. The fourth-order valence-corrected chi connectivity index (χ4v) is 3.91. The van der Waals surface area contributed by atoms with Crippen molar-refractivity contribution in [3.63, 3.8) is 0 Å². The minimum atomic E-state index is -0.339. The van der Waals surface area contributed by atoms with Crippen LogP contribution in [-0.2, 0) is 6.42 Å². The molecule has 1 heterocycles. The molecule has 4 rings (SSSR count). The zero-order valence-electron chi connectivity index (χ0n) is 19.7. The summed E-state index contributed by atoms with van der Waals surface area (Å²) in [5.41, 5.74) is 3.30. The number of aromatic nitrogens is 2. The molecular weight excluding hydrogens is 469 g/mol. The summed E-state index contributed by atoms with van der Waals surface area (Å²) in [5, 5.41) is 5.17. The monoisotopic (exact) mass is 493 g/mol. The summed E-state index contributed by atoms with van der Waals surface area (Å²) >= 11 is 6.20. The smallest absolute Gasteiger partial charge is 0.272 e. The van der Waals surface area contributed by atoms with Crippen LogP contribution in [0.5, 0.6) is 11.5 Å². The van der Waals surface area contributed by atoms with Crippen molar-refractivity contribution in [3.8, 4) is 28.4 Å². The Hall–Kier alpha value is -3.84. The lowest BCUT2D eigenvalue weighted by Crippen LogP contribution is -2.30. The van der Waals surface area contributed by atoms with Gasteiger partial charge in [0, 0.05) is 24.2 Å². The average Bonchev–Trinajstić information content (AvgIpc) is 3.32. The minimum Gasteiger partial charge on any atom is -0.493 e. The van der Waals surface area contributed by atoms with E-state index in [2.05, 4.69) is 5.10 Å². The Bertz CT molecular complexity index is 1340. The van der Waals surface area contributed by atoms with Gasteiger partial charge in [-0.2, -0.15) is 5.10 Å². The Kier molecular flexibility index (Phi) is 7.36. The molecule has 4 aromatic rings. The molecule has 0 unspecified atom stereocenters. The predicted molar refractivity (Wildman–Crippen MR) is 134 cm³/mol. The molecule has 0 saturated heterocycles. The second-order valence-electron chi connectivity index (χ2n) is 7.98. The normalized spacial score (nSPS) is 10.8. The van der Waals surface area contributed by atoms with Crippen LogP contribution in [0.1, 0.15) is 16.1 Å². The highest BCUT2D eigenvalue weighted by Gasteiger charge is 2.21. The van der Waals surface area contributed by atoms with Crippen molar-refractivity contribution in [1.29, 1.82) is 0 Å². The number of methoxy groups -OCH3 is 2. The van der Waals surface area contributed by atoms with Crippen LogP contribution in [0.15, 0.2) is 72.8 Å². The largest absolute Gasteiger partial charge is 0.493 e. The first-order valence-corrected chi connectivity index (χ1v) is 11.4. The highest BCUT2D eigenvalue weighted by Crippen LogP contribution is 2.28. The van der Waals surface area contributed by atoms with Crippen molar-refractivity contribution in [2.45, 2.75) is 6.42 Å². The Labute approximate surface area is 208 Å². The van der Waals surface area contributed by atoms with Crippen LogP contribution in [0.25, 0.3) is 16.9 Å². The SMILES string of the molecule is COc1ccc(CCN(C)C(=O)c2cc(-c3ccc(F)cc3)nn2-c2cccc(Cl)c2)cc1OC. The van der Waals surface area contributed by atoms with Crippen molar-refractivity contribution < 1.29 is 18.7 Å². The maximum Gasteiger partial charge on any atom is 0.272 e. The van der Waals surface area contributed by atoms with Crippen LogP contribution in [0, 0.1) is 5.82 Å². The van der Waals surface area contributed by atoms with Crippen LogP contribution in [0.2, 0.25) is 5.02 Å². The standard InChI is InChI=1S/C27H25ClFN3O3/c1-31(14-13-18-7-12-25(34-2)26(15-18)35-3)27(33)24-17-23(19-8-10-21(29)11-9-19)30-32(24)22-6-4-5-20(28)16-22/h4-12,15-17H,13-14H2,1-3H3. The van der Waals surface area contributed by atoms with Gasteiger partial charge in [0.1, 0.15) is 11.5 Å². The van der Waals surface area contributed by atoms with Crippen LogP contribution in [0.4, 0.5) is 4.39 Å². The highest BCUT2D eigenvalue weighted by molar-refractivity contribution is 6.30. The van der Waals surface area contributed by atoms with Gasteiger partial charge in [0.05, 0.1) is 25.6 Å². The summed E-state index contributed by atoms with van der Waals surface area (Å²) < 4.78 is 25.7. The number of hydrogen-bond acceptors (Lipinski definition) is 4. The number of carbonyl (C=O) groups excluding carboxylic acids is 1. The molecule has 180 valence electrons. The van der Waals surface area contributed by atoms with Gasteiger partial charge >= 0.3 is 0 Å². The summed E-state index contributed by atoms with van der Waals surface area (Å²) in [6, 6.07) is 20.5. The zero-order valence-corrected chi connectivity index (χ0v) is 20.4. The summed E-state index contributed by atoms with van der Waals surface area (Å²) in [6.07, 6.45) is 0.624. The molecule has 3 aromatic carbocycles. The van der Waals surface area contributed by atoms with E-state index in [1.54, 1.807) is 67.2 Å². The Morgan fingerprint density at radius 1 is 1.00 bits per heavy atom. The van der Waals surface area contributed by atoms with Gasteiger partial charge in [-0.1, -0.05) is 23.7 Å². The molecule has 0 radical (unpaired) electrons. The quantitative estimate of drug-likeness (QED) is 0.317. The van der Waals surface area contributed by atoms with Crippen molar-refractivity contribution in [1.82, 2.24) is 14.7 Å². The van der Waals surface area contributed by atoms with Crippen molar-refractivity contribution in [2.24, 2.45) is 0 Å². The highest BCUT2D eigenvalue weighted by atomic mass is 35.5. The number of rotatable bonds is 8. The van der Waals surface area contributed by atoms with E-state index in [0.29, 0.717) is 52.1 Å². The van der Waals surface area contributed by atoms with Crippen LogP contribution < -0.4 is 9.47 Å². The zero-order chi connectivity index (χ0) is 24.9. The topological polar surface area (TPSA) is 56.6 Å². The van der Waals surface area contributed by atoms with E-state index in [4.69, 9.17) is 21.1 Å². The van der Waals surface area contributed by atoms with E-state index in [0.717, 1.165) is 5.56 Å². The molecule has 0 aliphatic carbocycles. The average molecular weight is 494 g/mol. The maximum absolute atomic E-state index is 13.5.